The van der Waals surface area contributed by atoms with E-state index in [1.165, 1.54) is 6.42 Å². The first-order chi connectivity index (χ1) is 8.08. The maximum atomic E-state index is 12.3. The van der Waals surface area contributed by atoms with Crippen LogP contribution in [0.25, 0.3) is 0 Å². The summed E-state index contributed by atoms with van der Waals surface area (Å²) in [6.45, 7) is 2.22. The van der Waals surface area contributed by atoms with Gasteiger partial charge in [0.25, 0.3) is 0 Å². The number of hydrogen-bond acceptors (Lipinski definition) is 2. The van der Waals surface area contributed by atoms with Gasteiger partial charge in [0.2, 0.25) is 0 Å². The monoisotopic (exact) mass is 251 g/mol. The Hall–Kier alpha value is -1.02. The summed E-state index contributed by atoms with van der Waals surface area (Å²) in [5, 5.41) is 0.472. The van der Waals surface area contributed by atoms with E-state index >= 15 is 0 Å². The van der Waals surface area contributed by atoms with Gasteiger partial charge >= 0.3 is 0 Å². The molecule has 1 aliphatic carbocycles. The Balaban J connectivity index is 2.15. The first kappa shape index (κ1) is 12.4. The van der Waals surface area contributed by atoms with E-state index in [4.69, 9.17) is 17.3 Å². The second-order valence-electron chi connectivity index (χ2n) is 5.07. The van der Waals surface area contributed by atoms with Gasteiger partial charge in [-0.2, -0.15) is 0 Å². The van der Waals surface area contributed by atoms with Crippen LogP contribution in [-0.2, 0) is 0 Å². The molecule has 1 saturated carbocycles. The van der Waals surface area contributed by atoms with Gasteiger partial charge in [-0.05, 0) is 37.0 Å². The van der Waals surface area contributed by atoms with Crippen molar-refractivity contribution in [3.8, 4) is 0 Å². The highest BCUT2D eigenvalue weighted by Crippen LogP contribution is 2.32. The second-order valence-corrected chi connectivity index (χ2v) is 5.48. The van der Waals surface area contributed by atoms with Gasteiger partial charge in [0, 0.05) is 11.5 Å². The Morgan fingerprint density at radius 1 is 1.41 bits per heavy atom. The van der Waals surface area contributed by atoms with Gasteiger partial charge in [0.15, 0.2) is 5.78 Å². The van der Waals surface area contributed by atoms with Crippen molar-refractivity contribution < 1.29 is 4.79 Å². The van der Waals surface area contributed by atoms with Crippen LogP contribution in [0.4, 0.5) is 5.69 Å². The molecule has 3 heteroatoms. The lowest BCUT2D eigenvalue weighted by atomic mass is 9.79. The molecule has 0 radical (unpaired) electrons. The van der Waals surface area contributed by atoms with Crippen LogP contribution in [0.1, 0.15) is 43.0 Å². The number of Topliss-reactive ketones (excluding diaryl/α,β-unsaturated/α-hetero) is 1. The molecule has 2 atom stereocenters. The maximum absolute atomic E-state index is 12.3. The van der Waals surface area contributed by atoms with Crippen molar-refractivity contribution in [2.45, 2.75) is 32.6 Å². The maximum Gasteiger partial charge on any atom is 0.166 e. The number of nitrogen functional groups attached to an aromatic ring is 1. The Bertz CT molecular complexity index is 430. The lowest BCUT2D eigenvalue weighted by Gasteiger charge is -2.25. The van der Waals surface area contributed by atoms with Crippen LogP contribution in [0, 0.1) is 11.8 Å². The van der Waals surface area contributed by atoms with Gasteiger partial charge in [-0.1, -0.05) is 31.4 Å². The van der Waals surface area contributed by atoms with E-state index in [0.717, 1.165) is 19.3 Å². The predicted octanol–water partition coefficient (Wildman–Crippen LogP) is 3.93. The van der Waals surface area contributed by atoms with Crippen molar-refractivity contribution in [2.24, 2.45) is 11.8 Å². The zero-order valence-corrected chi connectivity index (χ0v) is 10.8. The zero-order valence-electron chi connectivity index (χ0n) is 10.1. The van der Waals surface area contributed by atoms with Gasteiger partial charge in [0.1, 0.15) is 0 Å². The number of carbonyl (C=O) groups is 1. The lowest BCUT2D eigenvalue weighted by Crippen LogP contribution is -2.21. The van der Waals surface area contributed by atoms with Crippen LogP contribution in [0.3, 0.4) is 0 Å². The van der Waals surface area contributed by atoms with Crippen LogP contribution >= 0.6 is 11.6 Å². The first-order valence-corrected chi connectivity index (χ1v) is 6.55. The van der Waals surface area contributed by atoms with E-state index in [0.29, 0.717) is 22.2 Å². The van der Waals surface area contributed by atoms with Crippen LogP contribution < -0.4 is 5.73 Å². The summed E-state index contributed by atoms with van der Waals surface area (Å²) in [5.41, 5.74) is 6.87. The third-order valence-electron chi connectivity index (χ3n) is 3.59. The van der Waals surface area contributed by atoms with E-state index in [9.17, 15) is 4.79 Å². The van der Waals surface area contributed by atoms with Gasteiger partial charge in [-0.25, -0.2) is 0 Å². The van der Waals surface area contributed by atoms with Gasteiger partial charge in [-0.15, -0.1) is 0 Å². The molecular weight excluding hydrogens is 234 g/mol. The molecule has 0 aromatic heterocycles. The molecule has 0 bridgehead atoms. The minimum atomic E-state index is 0.165. The van der Waals surface area contributed by atoms with Crippen LogP contribution in [-0.4, -0.2) is 5.78 Å². The van der Waals surface area contributed by atoms with Crippen molar-refractivity contribution in [3.05, 3.63) is 28.8 Å². The summed E-state index contributed by atoms with van der Waals surface area (Å²) in [7, 11) is 0. The van der Waals surface area contributed by atoms with Crippen molar-refractivity contribution in [1.29, 1.82) is 0 Å². The van der Waals surface area contributed by atoms with Crippen LogP contribution in [0.2, 0.25) is 5.02 Å². The third kappa shape index (κ3) is 2.81. The largest absolute Gasteiger partial charge is 0.398 e. The highest BCUT2D eigenvalue weighted by atomic mass is 35.5. The summed E-state index contributed by atoms with van der Waals surface area (Å²) in [5.74, 6) is 1.04. The number of benzene rings is 1. The molecule has 2 rings (SSSR count). The summed E-state index contributed by atoms with van der Waals surface area (Å²) in [4.78, 5) is 12.3. The highest BCUT2D eigenvalue weighted by molar-refractivity contribution is 6.33. The number of anilines is 1. The molecule has 17 heavy (non-hydrogen) atoms. The lowest BCUT2D eigenvalue weighted by molar-refractivity contribution is 0.0868. The second kappa shape index (κ2) is 5.09. The normalized spacial score (nSPS) is 24.6. The van der Waals surface area contributed by atoms with Crippen molar-refractivity contribution in [2.75, 3.05) is 5.73 Å². The molecule has 1 aliphatic rings. The number of nitrogens with two attached hydrogens (primary N) is 1. The Labute approximate surface area is 107 Å². The summed E-state index contributed by atoms with van der Waals surface area (Å²) in [6, 6.07) is 5.18. The Morgan fingerprint density at radius 3 is 2.82 bits per heavy atom. The number of hydrogen-bond donors (Lipinski definition) is 1. The van der Waals surface area contributed by atoms with Gasteiger partial charge in [0.05, 0.1) is 10.7 Å². The number of carbonyl (C=O) groups excluding carboxylic acids is 1. The summed E-state index contributed by atoms with van der Waals surface area (Å²) >= 11 is 5.95. The summed E-state index contributed by atoms with van der Waals surface area (Å²) < 4.78 is 0. The minimum absolute atomic E-state index is 0.165. The van der Waals surface area contributed by atoms with Crippen LogP contribution in [0.5, 0.6) is 0 Å². The fourth-order valence-electron chi connectivity index (χ4n) is 2.59. The van der Waals surface area contributed by atoms with E-state index in [1.807, 2.05) is 0 Å². The summed E-state index contributed by atoms with van der Waals surface area (Å²) in [6.07, 6.45) is 4.40. The third-order valence-corrected chi connectivity index (χ3v) is 3.92. The zero-order chi connectivity index (χ0) is 12.4. The minimum Gasteiger partial charge on any atom is -0.398 e. The standard InChI is InChI=1S/C14H18ClNO/c1-9-3-2-4-10(7-9)14(17)11-5-6-13(16)12(15)8-11/h5-6,8-10H,2-4,7,16H2,1H3. The SMILES string of the molecule is CC1CCCC(C(=O)c2ccc(N)c(Cl)c2)C1. The molecule has 1 aromatic carbocycles. The van der Waals surface area contributed by atoms with E-state index < -0.39 is 0 Å². The Kier molecular flexibility index (Phi) is 3.72. The topological polar surface area (TPSA) is 43.1 Å². The number of halogens is 1. The van der Waals surface area contributed by atoms with Gasteiger partial charge in [-0.3, -0.25) is 4.79 Å². The molecule has 2 N–H and O–H groups in total. The number of rotatable bonds is 2. The molecule has 1 aromatic rings. The molecule has 0 aliphatic heterocycles. The molecule has 0 heterocycles. The van der Waals surface area contributed by atoms with E-state index in [1.54, 1.807) is 18.2 Å². The van der Waals surface area contributed by atoms with Crippen molar-refractivity contribution in [3.63, 3.8) is 0 Å². The fourth-order valence-corrected chi connectivity index (χ4v) is 2.77. The average Bonchev–Trinajstić information content (AvgIpc) is 2.32. The molecule has 92 valence electrons. The molecule has 1 fully saturated rings. The fraction of sp³-hybridized carbons (Fsp3) is 0.500. The van der Waals surface area contributed by atoms with E-state index in [2.05, 4.69) is 6.92 Å². The van der Waals surface area contributed by atoms with Crippen molar-refractivity contribution in [1.82, 2.24) is 0 Å². The molecule has 2 nitrogen and oxygen atoms in total. The van der Waals surface area contributed by atoms with Crippen LogP contribution in [0.15, 0.2) is 18.2 Å². The number of ketones is 1. The van der Waals surface area contributed by atoms with E-state index in [-0.39, 0.29) is 11.7 Å². The molecular formula is C14H18ClNO. The first-order valence-electron chi connectivity index (χ1n) is 6.17. The molecule has 0 spiro atoms. The molecule has 0 saturated heterocycles. The Morgan fingerprint density at radius 2 is 2.18 bits per heavy atom. The molecule has 2 unspecified atom stereocenters. The molecule has 0 amide bonds. The van der Waals surface area contributed by atoms with Gasteiger partial charge < -0.3 is 5.73 Å². The quantitative estimate of drug-likeness (QED) is 0.639. The average molecular weight is 252 g/mol. The predicted molar refractivity (Wildman–Crippen MR) is 71.3 cm³/mol. The smallest absolute Gasteiger partial charge is 0.166 e. The highest BCUT2D eigenvalue weighted by Gasteiger charge is 2.25. The van der Waals surface area contributed by atoms with Crippen molar-refractivity contribution >= 4 is 23.1 Å².